The molecule has 1 aromatic heterocycles. The maximum atomic E-state index is 5.64. The largest absolute Gasteiger partial charge is 0.439 e. The third-order valence-corrected chi connectivity index (χ3v) is 2.24. The van der Waals surface area contributed by atoms with Crippen molar-refractivity contribution in [2.24, 2.45) is 0 Å². The van der Waals surface area contributed by atoms with Gasteiger partial charge < -0.3 is 15.8 Å². The average molecular weight is 244 g/mol. The number of anilines is 2. The van der Waals surface area contributed by atoms with E-state index < -0.39 is 0 Å². The Morgan fingerprint density at radius 3 is 2.72 bits per heavy atom. The topological polar surface area (TPSA) is 73.1 Å². The van der Waals surface area contributed by atoms with E-state index in [1.54, 1.807) is 6.07 Å². The molecule has 0 saturated heterocycles. The van der Waals surface area contributed by atoms with E-state index in [0.717, 1.165) is 18.7 Å². The van der Waals surface area contributed by atoms with Crippen LogP contribution in [0.15, 0.2) is 36.4 Å². The number of para-hydroxylation sites is 1. The van der Waals surface area contributed by atoms with E-state index in [9.17, 15) is 0 Å². The molecule has 5 heteroatoms. The molecule has 0 unspecified atom stereocenters. The fourth-order valence-corrected chi connectivity index (χ4v) is 1.45. The molecule has 2 rings (SSSR count). The van der Waals surface area contributed by atoms with Gasteiger partial charge >= 0.3 is 0 Å². The Hall–Kier alpha value is -2.30. The normalized spacial score (nSPS) is 10.1. The van der Waals surface area contributed by atoms with Crippen molar-refractivity contribution < 1.29 is 4.74 Å². The van der Waals surface area contributed by atoms with Crippen LogP contribution in [0, 0.1) is 0 Å². The first-order valence-corrected chi connectivity index (χ1v) is 5.89. The molecule has 5 nitrogen and oxygen atoms in total. The second kappa shape index (κ2) is 5.86. The summed E-state index contributed by atoms with van der Waals surface area (Å²) in [6.45, 7) is 2.92. The molecule has 0 fully saturated rings. The summed E-state index contributed by atoms with van der Waals surface area (Å²) in [6, 6.07) is 11.2. The van der Waals surface area contributed by atoms with Crippen molar-refractivity contribution in [1.82, 2.24) is 9.97 Å². The SMILES string of the molecule is CCCNc1cc(Oc2ccccc2)nc(N)n1. The van der Waals surface area contributed by atoms with Crippen LogP contribution < -0.4 is 15.8 Å². The molecular weight excluding hydrogens is 228 g/mol. The van der Waals surface area contributed by atoms with Crippen LogP contribution in [-0.2, 0) is 0 Å². The van der Waals surface area contributed by atoms with E-state index in [2.05, 4.69) is 22.2 Å². The van der Waals surface area contributed by atoms with Crippen molar-refractivity contribution in [1.29, 1.82) is 0 Å². The van der Waals surface area contributed by atoms with E-state index in [4.69, 9.17) is 10.5 Å². The van der Waals surface area contributed by atoms with E-state index in [1.807, 2.05) is 30.3 Å². The number of hydrogen-bond donors (Lipinski definition) is 2. The van der Waals surface area contributed by atoms with Crippen LogP contribution in [0.1, 0.15) is 13.3 Å². The fraction of sp³-hybridized carbons (Fsp3) is 0.231. The molecule has 18 heavy (non-hydrogen) atoms. The molecule has 2 aromatic rings. The van der Waals surface area contributed by atoms with Gasteiger partial charge in [0.05, 0.1) is 0 Å². The molecule has 0 amide bonds. The number of nitrogens with two attached hydrogens (primary N) is 1. The van der Waals surface area contributed by atoms with Crippen molar-refractivity contribution in [2.45, 2.75) is 13.3 Å². The molecule has 0 saturated carbocycles. The molecule has 0 aliphatic heterocycles. The highest BCUT2D eigenvalue weighted by Crippen LogP contribution is 2.21. The monoisotopic (exact) mass is 244 g/mol. The minimum Gasteiger partial charge on any atom is -0.439 e. The Balaban J connectivity index is 2.15. The van der Waals surface area contributed by atoms with Crippen LogP contribution in [-0.4, -0.2) is 16.5 Å². The Kier molecular flexibility index (Phi) is 3.96. The summed E-state index contributed by atoms with van der Waals surface area (Å²) in [6.07, 6.45) is 1.01. The molecule has 3 N–H and O–H groups in total. The Morgan fingerprint density at radius 2 is 2.00 bits per heavy atom. The minimum atomic E-state index is 0.196. The zero-order valence-electron chi connectivity index (χ0n) is 10.3. The smallest absolute Gasteiger partial charge is 0.226 e. The van der Waals surface area contributed by atoms with E-state index in [0.29, 0.717) is 11.7 Å². The van der Waals surface area contributed by atoms with Gasteiger partial charge in [-0.25, -0.2) is 0 Å². The highest BCUT2D eigenvalue weighted by molar-refractivity contribution is 5.43. The standard InChI is InChI=1S/C13H16N4O/c1-2-8-15-11-9-12(17-13(14)16-11)18-10-6-4-3-5-7-10/h3-7,9H,2,8H2,1H3,(H3,14,15,16,17). The van der Waals surface area contributed by atoms with Crippen molar-refractivity contribution in [3.8, 4) is 11.6 Å². The Bertz CT molecular complexity index is 502. The predicted octanol–water partition coefficient (Wildman–Crippen LogP) is 2.67. The van der Waals surface area contributed by atoms with Gasteiger partial charge in [-0.1, -0.05) is 25.1 Å². The summed E-state index contributed by atoms with van der Waals surface area (Å²) in [4.78, 5) is 8.13. The van der Waals surface area contributed by atoms with Gasteiger partial charge in [0.1, 0.15) is 11.6 Å². The maximum absolute atomic E-state index is 5.64. The van der Waals surface area contributed by atoms with Gasteiger partial charge in [-0.2, -0.15) is 9.97 Å². The maximum Gasteiger partial charge on any atom is 0.226 e. The summed E-state index contributed by atoms with van der Waals surface area (Å²) < 4.78 is 5.61. The van der Waals surface area contributed by atoms with Crippen molar-refractivity contribution in [2.75, 3.05) is 17.6 Å². The molecular formula is C13H16N4O. The van der Waals surface area contributed by atoms with Gasteiger partial charge in [-0.15, -0.1) is 0 Å². The lowest BCUT2D eigenvalue weighted by Gasteiger charge is -2.08. The summed E-state index contributed by atoms with van der Waals surface area (Å²) >= 11 is 0. The van der Waals surface area contributed by atoms with Gasteiger partial charge in [0.25, 0.3) is 0 Å². The molecule has 0 atom stereocenters. The van der Waals surface area contributed by atoms with Crippen LogP contribution in [0.25, 0.3) is 0 Å². The number of nitrogen functional groups attached to an aromatic ring is 1. The summed E-state index contributed by atoms with van der Waals surface area (Å²) in [7, 11) is 0. The van der Waals surface area contributed by atoms with Crippen molar-refractivity contribution >= 4 is 11.8 Å². The Labute approximate surface area is 106 Å². The van der Waals surface area contributed by atoms with Gasteiger partial charge in [0, 0.05) is 12.6 Å². The number of benzene rings is 1. The second-order valence-electron chi connectivity index (χ2n) is 3.79. The molecule has 0 aliphatic rings. The number of nitrogens with zero attached hydrogens (tertiary/aromatic N) is 2. The molecule has 0 aliphatic carbocycles. The van der Waals surface area contributed by atoms with Crippen LogP contribution in [0.3, 0.4) is 0 Å². The van der Waals surface area contributed by atoms with Gasteiger partial charge in [-0.3, -0.25) is 0 Å². The zero-order valence-corrected chi connectivity index (χ0v) is 10.3. The third-order valence-electron chi connectivity index (χ3n) is 2.24. The number of nitrogens with one attached hydrogen (secondary N) is 1. The number of rotatable bonds is 5. The number of aromatic nitrogens is 2. The number of hydrogen-bond acceptors (Lipinski definition) is 5. The van der Waals surface area contributed by atoms with Gasteiger partial charge in [0.2, 0.25) is 11.8 Å². The lowest BCUT2D eigenvalue weighted by Crippen LogP contribution is -2.05. The van der Waals surface area contributed by atoms with Crippen molar-refractivity contribution in [3.63, 3.8) is 0 Å². The summed E-state index contributed by atoms with van der Waals surface area (Å²) in [5.74, 6) is 2.03. The third kappa shape index (κ3) is 3.35. The summed E-state index contributed by atoms with van der Waals surface area (Å²) in [5, 5.41) is 3.15. The summed E-state index contributed by atoms with van der Waals surface area (Å²) in [5.41, 5.74) is 5.64. The minimum absolute atomic E-state index is 0.196. The van der Waals surface area contributed by atoms with E-state index in [1.165, 1.54) is 0 Å². The molecule has 0 radical (unpaired) electrons. The molecule has 0 bridgehead atoms. The first kappa shape index (κ1) is 12.2. The fourth-order valence-electron chi connectivity index (χ4n) is 1.45. The van der Waals surface area contributed by atoms with Crippen LogP contribution in [0.4, 0.5) is 11.8 Å². The zero-order chi connectivity index (χ0) is 12.8. The molecule has 1 aromatic carbocycles. The van der Waals surface area contributed by atoms with Crippen LogP contribution >= 0.6 is 0 Å². The van der Waals surface area contributed by atoms with E-state index >= 15 is 0 Å². The van der Waals surface area contributed by atoms with Crippen LogP contribution in [0.2, 0.25) is 0 Å². The highest BCUT2D eigenvalue weighted by Gasteiger charge is 2.04. The predicted molar refractivity (Wildman–Crippen MR) is 71.7 cm³/mol. The average Bonchev–Trinajstić information content (AvgIpc) is 2.37. The molecule has 0 spiro atoms. The van der Waals surface area contributed by atoms with E-state index in [-0.39, 0.29) is 5.95 Å². The van der Waals surface area contributed by atoms with Crippen LogP contribution in [0.5, 0.6) is 11.6 Å². The van der Waals surface area contributed by atoms with Gasteiger partial charge in [-0.05, 0) is 18.6 Å². The second-order valence-corrected chi connectivity index (χ2v) is 3.79. The number of ether oxygens (including phenoxy) is 1. The molecule has 1 heterocycles. The molecule has 94 valence electrons. The quantitative estimate of drug-likeness (QED) is 0.846. The first-order valence-electron chi connectivity index (χ1n) is 5.89. The lowest BCUT2D eigenvalue weighted by molar-refractivity contribution is 0.463. The lowest BCUT2D eigenvalue weighted by atomic mass is 10.3. The van der Waals surface area contributed by atoms with Gasteiger partial charge in [0.15, 0.2) is 0 Å². The Morgan fingerprint density at radius 1 is 1.22 bits per heavy atom. The van der Waals surface area contributed by atoms with Crippen molar-refractivity contribution in [3.05, 3.63) is 36.4 Å². The highest BCUT2D eigenvalue weighted by atomic mass is 16.5. The first-order chi connectivity index (χ1) is 8.78.